The SMILES string of the molecule is CCCN(CCC)CCCC1CCN(C(C)=O)CC1. The van der Waals surface area contributed by atoms with Crippen LogP contribution in [-0.2, 0) is 4.79 Å². The highest BCUT2D eigenvalue weighted by Crippen LogP contribution is 2.22. The first-order chi connectivity index (χ1) is 9.17. The summed E-state index contributed by atoms with van der Waals surface area (Å²) < 4.78 is 0. The van der Waals surface area contributed by atoms with Gasteiger partial charge in [0.15, 0.2) is 0 Å². The van der Waals surface area contributed by atoms with E-state index < -0.39 is 0 Å². The second kappa shape index (κ2) is 9.35. The highest BCUT2D eigenvalue weighted by atomic mass is 16.2. The van der Waals surface area contributed by atoms with Crippen molar-refractivity contribution in [3.63, 3.8) is 0 Å². The lowest BCUT2D eigenvalue weighted by molar-refractivity contribution is -0.130. The van der Waals surface area contributed by atoms with E-state index in [1.807, 2.05) is 4.90 Å². The van der Waals surface area contributed by atoms with Gasteiger partial charge in [-0.1, -0.05) is 13.8 Å². The summed E-state index contributed by atoms with van der Waals surface area (Å²) in [6.07, 6.45) is 7.61. The van der Waals surface area contributed by atoms with Crippen molar-refractivity contribution in [1.82, 2.24) is 9.80 Å². The normalized spacial score (nSPS) is 17.2. The molecule has 1 heterocycles. The van der Waals surface area contributed by atoms with Crippen LogP contribution < -0.4 is 0 Å². The van der Waals surface area contributed by atoms with E-state index in [1.54, 1.807) is 6.92 Å². The molecule has 0 aromatic carbocycles. The molecule has 0 bridgehead atoms. The lowest BCUT2D eigenvalue weighted by atomic mass is 9.92. The quantitative estimate of drug-likeness (QED) is 0.675. The van der Waals surface area contributed by atoms with Crippen LogP contribution >= 0.6 is 0 Å². The van der Waals surface area contributed by atoms with Gasteiger partial charge >= 0.3 is 0 Å². The molecule has 0 aromatic heterocycles. The minimum atomic E-state index is 0.246. The molecule has 0 saturated carbocycles. The van der Waals surface area contributed by atoms with E-state index in [1.165, 1.54) is 58.2 Å². The molecule has 1 fully saturated rings. The molecule has 1 saturated heterocycles. The van der Waals surface area contributed by atoms with Crippen molar-refractivity contribution < 1.29 is 4.79 Å². The number of likely N-dealkylation sites (tertiary alicyclic amines) is 1. The molecule has 0 radical (unpaired) electrons. The zero-order chi connectivity index (χ0) is 14.1. The molecule has 0 spiro atoms. The van der Waals surface area contributed by atoms with Crippen molar-refractivity contribution in [2.45, 2.75) is 59.3 Å². The number of carbonyl (C=O) groups is 1. The summed E-state index contributed by atoms with van der Waals surface area (Å²) in [6.45, 7) is 11.9. The Morgan fingerprint density at radius 2 is 1.68 bits per heavy atom. The standard InChI is InChI=1S/C16H32N2O/c1-4-10-17(11-5-2)12-6-7-16-8-13-18(14-9-16)15(3)19/h16H,4-14H2,1-3H3. The Morgan fingerprint density at radius 1 is 1.11 bits per heavy atom. The first kappa shape index (κ1) is 16.5. The lowest BCUT2D eigenvalue weighted by Crippen LogP contribution is -2.37. The fourth-order valence-electron chi connectivity index (χ4n) is 3.11. The summed E-state index contributed by atoms with van der Waals surface area (Å²) in [5.74, 6) is 1.09. The molecular weight excluding hydrogens is 236 g/mol. The zero-order valence-corrected chi connectivity index (χ0v) is 13.2. The molecule has 1 aliphatic rings. The van der Waals surface area contributed by atoms with Crippen LogP contribution in [0, 0.1) is 5.92 Å². The van der Waals surface area contributed by atoms with E-state index in [4.69, 9.17) is 0 Å². The maximum Gasteiger partial charge on any atom is 0.219 e. The van der Waals surface area contributed by atoms with Gasteiger partial charge in [0.2, 0.25) is 5.91 Å². The summed E-state index contributed by atoms with van der Waals surface area (Å²) in [5, 5.41) is 0. The third kappa shape index (κ3) is 6.42. The van der Waals surface area contributed by atoms with E-state index in [0.717, 1.165) is 19.0 Å². The minimum absolute atomic E-state index is 0.246. The number of hydrogen-bond acceptors (Lipinski definition) is 2. The smallest absolute Gasteiger partial charge is 0.219 e. The average molecular weight is 268 g/mol. The number of amides is 1. The second-order valence-electron chi connectivity index (χ2n) is 5.93. The van der Waals surface area contributed by atoms with E-state index in [9.17, 15) is 4.79 Å². The van der Waals surface area contributed by atoms with Gasteiger partial charge in [0.1, 0.15) is 0 Å². The summed E-state index contributed by atoms with van der Waals surface area (Å²) >= 11 is 0. The molecule has 112 valence electrons. The van der Waals surface area contributed by atoms with Crippen LogP contribution in [0.4, 0.5) is 0 Å². The maximum absolute atomic E-state index is 11.3. The Balaban J connectivity index is 2.14. The fourth-order valence-corrected chi connectivity index (χ4v) is 3.11. The van der Waals surface area contributed by atoms with Crippen LogP contribution in [0.1, 0.15) is 59.3 Å². The molecule has 0 N–H and O–H groups in total. The van der Waals surface area contributed by atoms with Crippen molar-refractivity contribution in [3.05, 3.63) is 0 Å². The minimum Gasteiger partial charge on any atom is -0.343 e. The van der Waals surface area contributed by atoms with Crippen molar-refractivity contribution in [3.8, 4) is 0 Å². The van der Waals surface area contributed by atoms with Gasteiger partial charge in [-0.2, -0.15) is 0 Å². The van der Waals surface area contributed by atoms with Crippen LogP contribution in [0.2, 0.25) is 0 Å². The molecule has 19 heavy (non-hydrogen) atoms. The molecular formula is C16H32N2O. The maximum atomic E-state index is 11.3. The predicted octanol–water partition coefficient (Wildman–Crippen LogP) is 3.15. The summed E-state index contributed by atoms with van der Waals surface area (Å²) in [7, 11) is 0. The van der Waals surface area contributed by atoms with Gasteiger partial charge < -0.3 is 9.80 Å². The third-order valence-electron chi connectivity index (χ3n) is 4.23. The first-order valence-electron chi connectivity index (χ1n) is 8.15. The van der Waals surface area contributed by atoms with Crippen molar-refractivity contribution in [1.29, 1.82) is 0 Å². The molecule has 1 aliphatic heterocycles. The van der Waals surface area contributed by atoms with E-state index in [2.05, 4.69) is 18.7 Å². The summed E-state index contributed by atoms with van der Waals surface area (Å²) in [4.78, 5) is 15.9. The van der Waals surface area contributed by atoms with Gasteiger partial charge in [-0.15, -0.1) is 0 Å². The summed E-state index contributed by atoms with van der Waals surface area (Å²) in [6, 6.07) is 0. The highest BCUT2D eigenvalue weighted by molar-refractivity contribution is 5.73. The van der Waals surface area contributed by atoms with E-state index >= 15 is 0 Å². The Kier molecular flexibility index (Phi) is 8.11. The summed E-state index contributed by atoms with van der Waals surface area (Å²) in [5.41, 5.74) is 0. The van der Waals surface area contributed by atoms with Gasteiger partial charge in [0.25, 0.3) is 0 Å². The molecule has 1 amide bonds. The van der Waals surface area contributed by atoms with Gasteiger partial charge in [-0.3, -0.25) is 4.79 Å². The highest BCUT2D eigenvalue weighted by Gasteiger charge is 2.20. The average Bonchev–Trinajstić information content (AvgIpc) is 2.40. The second-order valence-corrected chi connectivity index (χ2v) is 5.93. The number of carbonyl (C=O) groups excluding carboxylic acids is 1. The zero-order valence-electron chi connectivity index (χ0n) is 13.2. The van der Waals surface area contributed by atoms with Crippen LogP contribution in [-0.4, -0.2) is 48.4 Å². The van der Waals surface area contributed by atoms with Crippen LogP contribution in [0.3, 0.4) is 0 Å². The molecule has 0 atom stereocenters. The molecule has 3 heteroatoms. The predicted molar refractivity (Wildman–Crippen MR) is 81.2 cm³/mol. The van der Waals surface area contributed by atoms with Crippen LogP contribution in [0.5, 0.6) is 0 Å². The molecule has 3 nitrogen and oxygen atoms in total. The monoisotopic (exact) mass is 268 g/mol. The van der Waals surface area contributed by atoms with Gasteiger partial charge in [0, 0.05) is 20.0 Å². The molecule has 0 unspecified atom stereocenters. The van der Waals surface area contributed by atoms with Crippen molar-refractivity contribution in [2.24, 2.45) is 5.92 Å². The van der Waals surface area contributed by atoms with E-state index in [-0.39, 0.29) is 5.91 Å². The van der Waals surface area contributed by atoms with Crippen LogP contribution in [0.15, 0.2) is 0 Å². The van der Waals surface area contributed by atoms with Crippen molar-refractivity contribution >= 4 is 5.91 Å². The Labute approximate surface area is 119 Å². The lowest BCUT2D eigenvalue weighted by Gasteiger charge is -2.31. The topological polar surface area (TPSA) is 23.6 Å². The van der Waals surface area contributed by atoms with Crippen molar-refractivity contribution in [2.75, 3.05) is 32.7 Å². The largest absolute Gasteiger partial charge is 0.343 e. The van der Waals surface area contributed by atoms with Gasteiger partial charge in [-0.05, 0) is 64.1 Å². The van der Waals surface area contributed by atoms with Gasteiger partial charge in [-0.25, -0.2) is 0 Å². The molecule has 1 rings (SSSR count). The third-order valence-corrected chi connectivity index (χ3v) is 4.23. The molecule has 0 aliphatic carbocycles. The number of piperidine rings is 1. The van der Waals surface area contributed by atoms with E-state index in [0.29, 0.717) is 0 Å². The van der Waals surface area contributed by atoms with Gasteiger partial charge in [0.05, 0.1) is 0 Å². The number of nitrogens with zero attached hydrogens (tertiary/aromatic N) is 2. The Morgan fingerprint density at radius 3 is 2.16 bits per heavy atom. The Hall–Kier alpha value is -0.570. The molecule has 0 aromatic rings. The first-order valence-corrected chi connectivity index (χ1v) is 8.15. The number of rotatable bonds is 8. The fraction of sp³-hybridized carbons (Fsp3) is 0.938. The van der Waals surface area contributed by atoms with Crippen LogP contribution in [0.25, 0.3) is 0 Å². The number of hydrogen-bond donors (Lipinski definition) is 0. The Bertz CT molecular complexity index is 241.